The second-order valence-electron chi connectivity index (χ2n) is 4.21. The quantitative estimate of drug-likeness (QED) is 0.817. The van der Waals surface area contributed by atoms with Crippen molar-refractivity contribution in [2.75, 3.05) is 24.3 Å². The predicted molar refractivity (Wildman–Crippen MR) is 62.1 cm³/mol. The summed E-state index contributed by atoms with van der Waals surface area (Å²) in [7, 11) is 3.98. The van der Waals surface area contributed by atoms with Gasteiger partial charge in [-0.25, -0.2) is 0 Å². The molecule has 0 aromatic heterocycles. The summed E-state index contributed by atoms with van der Waals surface area (Å²) in [4.78, 5) is 13.6. The van der Waals surface area contributed by atoms with Crippen LogP contribution in [0.1, 0.15) is 12.8 Å². The fourth-order valence-electron chi connectivity index (χ4n) is 1.45. The zero-order valence-corrected chi connectivity index (χ0v) is 9.16. The molecule has 1 saturated carbocycles. The molecule has 0 aliphatic heterocycles. The highest BCUT2D eigenvalue weighted by Crippen LogP contribution is 2.30. The van der Waals surface area contributed by atoms with Crippen LogP contribution in [-0.4, -0.2) is 20.0 Å². The molecule has 0 unspecified atom stereocenters. The highest BCUT2D eigenvalue weighted by molar-refractivity contribution is 5.94. The van der Waals surface area contributed by atoms with Crippen molar-refractivity contribution in [3.8, 4) is 0 Å². The Balaban J connectivity index is 2.07. The third kappa shape index (κ3) is 2.49. The van der Waals surface area contributed by atoms with E-state index < -0.39 is 0 Å². The van der Waals surface area contributed by atoms with Crippen molar-refractivity contribution in [1.29, 1.82) is 0 Å². The first kappa shape index (κ1) is 10.0. The minimum atomic E-state index is 0.158. The van der Waals surface area contributed by atoms with Crippen LogP contribution in [0.4, 0.5) is 11.4 Å². The van der Waals surface area contributed by atoms with E-state index in [1.807, 2.05) is 43.3 Å². The zero-order valence-electron chi connectivity index (χ0n) is 9.16. The van der Waals surface area contributed by atoms with Crippen molar-refractivity contribution in [3.05, 3.63) is 24.3 Å². The molecule has 0 spiro atoms. The normalized spacial score (nSPS) is 14.8. The molecular weight excluding hydrogens is 188 g/mol. The summed E-state index contributed by atoms with van der Waals surface area (Å²) in [6.45, 7) is 0. The Labute approximate surface area is 90.1 Å². The molecule has 2 rings (SSSR count). The molecule has 0 saturated heterocycles. The first-order chi connectivity index (χ1) is 7.16. The van der Waals surface area contributed by atoms with E-state index in [0.29, 0.717) is 0 Å². The van der Waals surface area contributed by atoms with Gasteiger partial charge in [0.1, 0.15) is 0 Å². The molecule has 15 heavy (non-hydrogen) atoms. The van der Waals surface area contributed by atoms with Crippen LogP contribution < -0.4 is 10.2 Å². The molecule has 1 amide bonds. The van der Waals surface area contributed by atoms with E-state index in [1.165, 1.54) is 0 Å². The molecule has 1 aromatic carbocycles. The topological polar surface area (TPSA) is 32.3 Å². The van der Waals surface area contributed by atoms with Crippen LogP contribution in [0.3, 0.4) is 0 Å². The number of nitrogens with zero attached hydrogens (tertiary/aromatic N) is 1. The molecule has 1 aliphatic rings. The SMILES string of the molecule is CN(C)c1cccc(NC(=O)C2CC2)c1. The number of nitrogens with one attached hydrogen (secondary N) is 1. The van der Waals surface area contributed by atoms with Gasteiger partial charge in [0, 0.05) is 31.4 Å². The minimum Gasteiger partial charge on any atom is -0.378 e. The highest BCUT2D eigenvalue weighted by Gasteiger charge is 2.29. The van der Waals surface area contributed by atoms with Crippen LogP contribution in [0.2, 0.25) is 0 Å². The van der Waals surface area contributed by atoms with Gasteiger partial charge >= 0.3 is 0 Å². The number of hydrogen-bond acceptors (Lipinski definition) is 2. The Kier molecular flexibility index (Phi) is 2.62. The lowest BCUT2D eigenvalue weighted by molar-refractivity contribution is -0.117. The van der Waals surface area contributed by atoms with E-state index in [9.17, 15) is 4.79 Å². The van der Waals surface area contributed by atoms with E-state index in [-0.39, 0.29) is 11.8 Å². The maximum absolute atomic E-state index is 11.5. The fraction of sp³-hybridized carbons (Fsp3) is 0.417. The van der Waals surface area contributed by atoms with Gasteiger partial charge in [0.25, 0.3) is 0 Å². The largest absolute Gasteiger partial charge is 0.378 e. The van der Waals surface area contributed by atoms with Gasteiger partial charge in [-0.2, -0.15) is 0 Å². The molecule has 1 N–H and O–H groups in total. The number of carbonyl (C=O) groups excluding carboxylic acids is 1. The van der Waals surface area contributed by atoms with Crippen molar-refractivity contribution in [2.24, 2.45) is 5.92 Å². The summed E-state index contributed by atoms with van der Waals surface area (Å²) in [5.74, 6) is 0.416. The number of benzene rings is 1. The van der Waals surface area contributed by atoms with Crippen LogP contribution in [0.5, 0.6) is 0 Å². The monoisotopic (exact) mass is 204 g/mol. The molecule has 3 heteroatoms. The predicted octanol–water partition coefficient (Wildman–Crippen LogP) is 2.10. The fourth-order valence-corrected chi connectivity index (χ4v) is 1.45. The Bertz CT molecular complexity index is 370. The van der Waals surface area contributed by atoms with E-state index >= 15 is 0 Å². The second kappa shape index (κ2) is 3.93. The lowest BCUT2D eigenvalue weighted by Crippen LogP contribution is -2.14. The number of hydrogen-bond donors (Lipinski definition) is 1. The molecule has 1 aromatic rings. The van der Waals surface area contributed by atoms with Crippen molar-refractivity contribution < 1.29 is 4.79 Å². The summed E-state index contributed by atoms with van der Waals surface area (Å²) >= 11 is 0. The molecule has 3 nitrogen and oxygen atoms in total. The van der Waals surface area contributed by atoms with Crippen molar-refractivity contribution >= 4 is 17.3 Å². The Hall–Kier alpha value is -1.51. The first-order valence-corrected chi connectivity index (χ1v) is 5.25. The van der Waals surface area contributed by atoms with Crippen LogP contribution >= 0.6 is 0 Å². The molecule has 80 valence electrons. The average Bonchev–Trinajstić information content (AvgIpc) is 3.01. The molecule has 0 bridgehead atoms. The van der Waals surface area contributed by atoms with E-state index in [4.69, 9.17) is 0 Å². The van der Waals surface area contributed by atoms with Gasteiger partial charge in [-0.1, -0.05) is 6.07 Å². The van der Waals surface area contributed by atoms with Crippen LogP contribution in [0.25, 0.3) is 0 Å². The number of amides is 1. The molecule has 0 heterocycles. The lowest BCUT2D eigenvalue weighted by Gasteiger charge is -2.13. The van der Waals surface area contributed by atoms with Crippen LogP contribution in [0, 0.1) is 5.92 Å². The van der Waals surface area contributed by atoms with Gasteiger partial charge in [-0.05, 0) is 31.0 Å². The molecule has 1 fully saturated rings. The third-order valence-electron chi connectivity index (χ3n) is 2.58. The second-order valence-corrected chi connectivity index (χ2v) is 4.21. The van der Waals surface area contributed by atoms with Gasteiger partial charge in [0.2, 0.25) is 5.91 Å². The van der Waals surface area contributed by atoms with Gasteiger partial charge in [0.05, 0.1) is 0 Å². The Morgan fingerprint density at radius 2 is 2.13 bits per heavy atom. The van der Waals surface area contributed by atoms with Crippen molar-refractivity contribution in [1.82, 2.24) is 0 Å². The molecule has 0 radical (unpaired) electrons. The minimum absolute atomic E-state index is 0.158. The van der Waals surface area contributed by atoms with Gasteiger partial charge in [-0.3, -0.25) is 4.79 Å². The van der Waals surface area contributed by atoms with Gasteiger partial charge in [-0.15, -0.1) is 0 Å². The summed E-state index contributed by atoms with van der Waals surface area (Å²) in [5.41, 5.74) is 1.99. The summed E-state index contributed by atoms with van der Waals surface area (Å²) in [6.07, 6.45) is 2.08. The van der Waals surface area contributed by atoms with Gasteiger partial charge in [0.15, 0.2) is 0 Å². The standard InChI is InChI=1S/C12H16N2O/c1-14(2)11-5-3-4-10(8-11)13-12(15)9-6-7-9/h3-5,8-9H,6-7H2,1-2H3,(H,13,15). The van der Waals surface area contributed by atoms with Gasteiger partial charge < -0.3 is 10.2 Å². The average molecular weight is 204 g/mol. The first-order valence-electron chi connectivity index (χ1n) is 5.25. The van der Waals surface area contributed by atoms with E-state index in [2.05, 4.69) is 5.32 Å². The van der Waals surface area contributed by atoms with Crippen LogP contribution in [0.15, 0.2) is 24.3 Å². The number of carbonyl (C=O) groups is 1. The Morgan fingerprint density at radius 3 is 2.73 bits per heavy atom. The summed E-state index contributed by atoms with van der Waals surface area (Å²) in [6, 6.07) is 7.89. The molecule has 0 atom stereocenters. The maximum atomic E-state index is 11.5. The van der Waals surface area contributed by atoms with E-state index in [0.717, 1.165) is 24.2 Å². The molecular formula is C12H16N2O. The molecule has 1 aliphatic carbocycles. The smallest absolute Gasteiger partial charge is 0.227 e. The summed E-state index contributed by atoms with van der Waals surface area (Å²) in [5, 5.41) is 2.93. The number of anilines is 2. The number of rotatable bonds is 3. The van der Waals surface area contributed by atoms with Crippen LogP contribution in [-0.2, 0) is 4.79 Å². The third-order valence-corrected chi connectivity index (χ3v) is 2.58. The van der Waals surface area contributed by atoms with Crippen molar-refractivity contribution in [3.63, 3.8) is 0 Å². The van der Waals surface area contributed by atoms with E-state index in [1.54, 1.807) is 0 Å². The summed E-state index contributed by atoms with van der Waals surface area (Å²) < 4.78 is 0. The Morgan fingerprint density at radius 1 is 1.40 bits per heavy atom. The zero-order chi connectivity index (χ0) is 10.8. The maximum Gasteiger partial charge on any atom is 0.227 e. The highest BCUT2D eigenvalue weighted by atomic mass is 16.2. The van der Waals surface area contributed by atoms with Crippen molar-refractivity contribution in [2.45, 2.75) is 12.8 Å². The lowest BCUT2D eigenvalue weighted by atomic mass is 10.2.